The molecule has 24 heavy (non-hydrogen) atoms. The molecule has 1 aliphatic heterocycles. The second-order valence-corrected chi connectivity index (χ2v) is 7.49. The molecule has 0 aliphatic carbocycles. The fraction of sp³-hybridized carbons (Fsp3) is 0.667. The molecule has 1 aromatic rings. The van der Waals surface area contributed by atoms with Gasteiger partial charge in [-0.25, -0.2) is 4.79 Å². The molecular formula is C18H28N2O4. The van der Waals surface area contributed by atoms with E-state index in [1.807, 2.05) is 52.8 Å². The molecule has 0 bridgehead atoms. The summed E-state index contributed by atoms with van der Waals surface area (Å²) in [6.07, 6.45) is 1.36. The third-order valence-electron chi connectivity index (χ3n) is 3.99. The molecule has 0 saturated carbocycles. The third kappa shape index (κ3) is 4.24. The highest BCUT2D eigenvalue weighted by atomic mass is 16.6. The van der Waals surface area contributed by atoms with Gasteiger partial charge in [0.1, 0.15) is 11.3 Å². The Hall–Kier alpha value is -1.66. The number of amides is 1. The Morgan fingerprint density at radius 2 is 2.17 bits per heavy atom. The van der Waals surface area contributed by atoms with Crippen LogP contribution in [0.25, 0.3) is 0 Å². The van der Waals surface area contributed by atoms with Crippen LogP contribution in [0, 0.1) is 0 Å². The Balaban J connectivity index is 2.32. The Labute approximate surface area is 144 Å². The second-order valence-electron chi connectivity index (χ2n) is 7.49. The Morgan fingerprint density at radius 1 is 1.46 bits per heavy atom. The SMILES string of the molecule is COC[C@H](c1ccccn1)[C@@H]1COC(C)(C)N1C(=O)OC(C)(C)C. The maximum absolute atomic E-state index is 12.8. The van der Waals surface area contributed by atoms with Crippen LogP contribution in [0.4, 0.5) is 4.79 Å². The first-order valence-electron chi connectivity index (χ1n) is 8.22. The highest BCUT2D eigenvalue weighted by Crippen LogP contribution is 2.36. The van der Waals surface area contributed by atoms with E-state index in [0.717, 1.165) is 5.69 Å². The highest BCUT2D eigenvalue weighted by Gasteiger charge is 2.49. The van der Waals surface area contributed by atoms with Crippen molar-refractivity contribution in [1.82, 2.24) is 9.88 Å². The fourth-order valence-corrected chi connectivity index (χ4v) is 2.96. The molecule has 0 unspecified atom stereocenters. The van der Waals surface area contributed by atoms with Crippen molar-refractivity contribution in [2.45, 2.75) is 57.9 Å². The van der Waals surface area contributed by atoms with Crippen LogP contribution in [-0.2, 0) is 14.2 Å². The van der Waals surface area contributed by atoms with Crippen molar-refractivity contribution >= 4 is 6.09 Å². The minimum Gasteiger partial charge on any atom is -0.444 e. The molecular weight excluding hydrogens is 308 g/mol. The predicted molar refractivity (Wildman–Crippen MR) is 90.7 cm³/mol. The number of pyridine rings is 1. The summed E-state index contributed by atoms with van der Waals surface area (Å²) in [6, 6.07) is 5.55. The number of methoxy groups -OCH3 is 1. The number of carbonyl (C=O) groups excluding carboxylic acids is 1. The number of aromatic nitrogens is 1. The van der Waals surface area contributed by atoms with Crippen LogP contribution in [-0.4, -0.2) is 53.7 Å². The number of ether oxygens (including phenoxy) is 3. The largest absolute Gasteiger partial charge is 0.444 e. The van der Waals surface area contributed by atoms with Crippen molar-refractivity contribution in [2.24, 2.45) is 0 Å². The lowest BCUT2D eigenvalue weighted by atomic mass is 9.95. The van der Waals surface area contributed by atoms with Crippen LogP contribution in [0.1, 0.15) is 46.2 Å². The summed E-state index contributed by atoms with van der Waals surface area (Å²) in [7, 11) is 1.65. The lowest BCUT2D eigenvalue weighted by Gasteiger charge is -2.37. The number of hydrogen-bond donors (Lipinski definition) is 0. The lowest BCUT2D eigenvalue weighted by molar-refractivity contribution is -0.0640. The maximum atomic E-state index is 12.8. The van der Waals surface area contributed by atoms with Gasteiger partial charge in [-0.2, -0.15) is 0 Å². The molecule has 0 spiro atoms. The van der Waals surface area contributed by atoms with Crippen LogP contribution in [0.5, 0.6) is 0 Å². The zero-order valence-electron chi connectivity index (χ0n) is 15.4. The maximum Gasteiger partial charge on any atom is 0.412 e. The predicted octanol–water partition coefficient (Wildman–Crippen LogP) is 3.18. The average Bonchev–Trinajstić information content (AvgIpc) is 2.79. The molecule has 6 heteroatoms. The molecule has 1 saturated heterocycles. The van der Waals surface area contributed by atoms with Crippen LogP contribution >= 0.6 is 0 Å². The molecule has 1 amide bonds. The minimum atomic E-state index is -0.742. The molecule has 6 nitrogen and oxygen atoms in total. The summed E-state index contributed by atoms with van der Waals surface area (Å²) in [4.78, 5) is 18.9. The number of hydrogen-bond acceptors (Lipinski definition) is 5. The van der Waals surface area contributed by atoms with Crippen LogP contribution in [0.3, 0.4) is 0 Å². The van der Waals surface area contributed by atoms with Gasteiger partial charge in [-0.1, -0.05) is 6.07 Å². The van der Waals surface area contributed by atoms with E-state index in [-0.39, 0.29) is 18.1 Å². The third-order valence-corrected chi connectivity index (χ3v) is 3.99. The van der Waals surface area contributed by atoms with Crippen LogP contribution in [0.15, 0.2) is 24.4 Å². The van der Waals surface area contributed by atoms with Crippen molar-refractivity contribution in [2.75, 3.05) is 20.3 Å². The van der Waals surface area contributed by atoms with Crippen molar-refractivity contribution in [3.05, 3.63) is 30.1 Å². The van der Waals surface area contributed by atoms with Crippen LogP contribution in [0.2, 0.25) is 0 Å². The average molecular weight is 336 g/mol. The number of nitrogens with zero attached hydrogens (tertiary/aromatic N) is 2. The van der Waals surface area contributed by atoms with Gasteiger partial charge in [0, 0.05) is 24.9 Å². The summed E-state index contributed by atoms with van der Waals surface area (Å²) in [5.41, 5.74) is -0.435. The molecule has 1 fully saturated rings. The van der Waals surface area contributed by atoms with Crippen LogP contribution < -0.4 is 0 Å². The van der Waals surface area contributed by atoms with Gasteiger partial charge in [0.2, 0.25) is 0 Å². The molecule has 2 rings (SSSR count). The summed E-state index contributed by atoms with van der Waals surface area (Å²) < 4.78 is 16.9. The van der Waals surface area contributed by atoms with Gasteiger partial charge in [-0.05, 0) is 46.8 Å². The van der Waals surface area contributed by atoms with Gasteiger partial charge in [-0.3, -0.25) is 9.88 Å². The van der Waals surface area contributed by atoms with E-state index in [1.54, 1.807) is 18.2 Å². The van der Waals surface area contributed by atoms with Crippen molar-refractivity contribution in [3.63, 3.8) is 0 Å². The first-order valence-corrected chi connectivity index (χ1v) is 8.22. The smallest absolute Gasteiger partial charge is 0.412 e. The second kappa shape index (κ2) is 7.07. The molecule has 0 N–H and O–H groups in total. The summed E-state index contributed by atoms with van der Waals surface area (Å²) in [5.74, 6) is -0.0921. The highest BCUT2D eigenvalue weighted by molar-refractivity contribution is 5.70. The molecule has 1 aliphatic rings. The van der Waals surface area contributed by atoms with Gasteiger partial charge in [0.15, 0.2) is 0 Å². The van der Waals surface area contributed by atoms with E-state index in [0.29, 0.717) is 13.2 Å². The van der Waals surface area contributed by atoms with Gasteiger partial charge in [-0.15, -0.1) is 0 Å². The van der Waals surface area contributed by atoms with Gasteiger partial charge in [0.25, 0.3) is 0 Å². The Bertz CT molecular complexity index is 554. The first-order chi connectivity index (χ1) is 11.2. The van der Waals surface area contributed by atoms with E-state index in [1.165, 1.54) is 0 Å². The molecule has 134 valence electrons. The van der Waals surface area contributed by atoms with Crippen molar-refractivity contribution < 1.29 is 19.0 Å². The van der Waals surface area contributed by atoms with E-state index in [9.17, 15) is 4.79 Å². The van der Waals surface area contributed by atoms with Gasteiger partial charge < -0.3 is 14.2 Å². The monoisotopic (exact) mass is 336 g/mol. The molecule has 2 heterocycles. The molecule has 2 atom stereocenters. The van der Waals surface area contributed by atoms with Gasteiger partial charge >= 0.3 is 6.09 Å². The normalized spacial score (nSPS) is 21.6. The Morgan fingerprint density at radius 3 is 2.71 bits per heavy atom. The molecule has 0 aromatic carbocycles. The molecule has 0 radical (unpaired) electrons. The number of rotatable bonds is 4. The lowest BCUT2D eigenvalue weighted by Crippen LogP contribution is -2.52. The van der Waals surface area contributed by atoms with E-state index in [2.05, 4.69) is 4.98 Å². The number of carbonyl (C=O) groups is 1. The topological polar surface area (TPSA) is 60.9 Å². The van der Waals surface area contributed by atoms with Gasteiger partial charge in [0.05, 0.1) is 19.3 Å². The fourth-order valence-electron chi connectivity index (χ4n) is 2.96. The van der Waals surface area contributed by atoms with E-state index < -0.39 is 11.3 Å². The van der Waals surface area contributed by atoms with E-state index in [4.69, 9.17) is 14.2 Å². The quantitative estimate of drug-likeness (QED) is 0.845. The first kappa shape index (κ1) is 18.7. The van der Waals surface area contributed by atoms with Crippen molar-refractivity contribution in [1.29, 1.82) is 0 Å². The summed E-state index contributed by atoms with van der Waals surface area (Å²) in [5, 5.41) is 0. The van der Waals surface area contributed by atoms with Crippen molar-refractivity contribution in [3.8, 4) is 0 Å². The summed E-state index contributed by atoms with van der Waals surface area (Å²) in [6.45, 7) is 10.2. The van der Waals surface area contributed by atoms with E-state index >= 15 is 0 Å². The zero-order chi connectivity index (χ0) is 18.0. The standard InChI is InChI=1S/C18H28N2O4/c1-17(2,3)24-16(21)20-15(12-23-18(20,4)5)13(11-22-6)14-9-7-8-10-19-14/h7-10,13,15H,11-12H2,1-6H3/t13-,15+/m1/s1. The zero-order valence-corrected chi connectivity index (χ0v) is 15.4. The minimum absolute atomic E-state index is 0.0921. The Kier molecular flexibility index (Phi) is 5.50. The molecule has 1 aromatic heterocycles. The summed E-state index contributed by atoms with van der Waals surface area (Å²) >= 11 is 0.